The van der Waals surface area contributed by atoms with Gasteiger partial charge in [0.1, 0.15) is 11.4 Å². The molecule has 0 aliphatic rings. The van der Waals surface area contributed by atoms with Crippen molar-refractivity contribution in [2.24, 2.45) is 0 Å². The Morgan fingerprint density at radius 2 is 1.83 bits per heavy atom. The smallest absolute Gasteiger partial charge is 0.269 e. The van der Waals surface area contributed by atoms with Crippen molar-refractivity contribution in [3.8, 4) is 28.3 Å². The van der Waals surface area contributed by atoms with Gasteiger partial charge in [-0.25, -0.2) is 0 Å². The van der Waals surface area contributed by atoms with Gasteiger partial charge >= 0.3 is 0 Å². The third kappa shape index (κ3) is 2.99. The molecule has 0 saturated heterocycles. The average molecular weight is 351 g/mol. The molecule has 3 rings (SSSR count). The third-order valence-electron chi connectivity index (χ3n) is 3.18. The van der Waals surface area contributed by atoms with E-state index in [0.717, 1.165) is 0 Å². The molecule has 0 aliphatic heterocycles. The zero-order valence-corrected chi connectivity index (χ0v) is 12.9. The lowest BCUT2D eigenvalue weighted by atomic mass is 10.1. The maximum absolute atomic E-state index is 10.7. The van der Waals surface area contributed by atoms with Crippen LogP contribution in [-0.4, -0.2) is 15.2 Å². The SMILES string of the molecule is O=[N+]([O-])c1ccc(-c2cc(-c3cc(Cl)cc(Cl)c3O)no2)cc1. The predicted octanol–water partition coefficient (Wildman–Crippen LogP) is 4.93. The van der Waals surface area contributed by atoms with Crippen molar-refractivity contribution >= 4 is 28.9 Å². The van der Waals surface area contributed by atoms with E-state index in [1.807, 2.05) is 0 Å². The first kappa shape index (κ1) is 15.3. The van der Waals surface area contributed by atoms with Gasteiger partial charge in [0, 0.05) is 34.3 Å². The van der Waals surface area contributed by atoms with E-state index in [1.165, 1.54) is 24.3 Å². The number of phenolic OH excluding ortho intramolecular Hbond substituents is 1. The van der Waals surface area contributed by atoms with Crippen LogP contribution in [0.2, 0.25) is 10.0 Å². The number of rotatable bonds is 3. The number of benzene rings is 2. The van der Waals surface area contributed by atoms with E-state index >= 15 is 0 Å². The third-order valence-corrected chi connectivity index (χ3v) is 3.68. The molecule has 2 aromatic carbocycles. The molecule has 0 radical (unpaired) electrons. The molecule has 0 spiro atoms. The van der Waals surface area contributed by atoms with Crippen LogP contribution in [0, 0.1) is 10.1 Å². The van der Waals surface area contributed by atoms with Crippen molar-refractivity contribution in [1.82, 2.24) is 5.16 Å². The molecule has 8 heteroatoms. The Balaban J connectivity index is 1.99. The van der Waals surface area contributed by atoms with Gasteiger partial charge in [0.25, 0.3) is 5.69 Å². The van der Waals surface area contributed by atoms with E-state index in [2.05, 4.69) is 5.16 Å². The second-order valence-corrected chi connectivity index (χ2v) is 5.51. The summed E-state index contributed by atoms with van der Waals surface area (Å²) in [4.78, 5) is 10.2. The topological polar surface area (TPSA) is 89.4 Å². The van der Waals surface area contributed by atoms with E-state index in [9.17, 15) is 15.2 Å². The van der Waals surface area contributed by atoms with Crippen LogP contribution >= 0.6 is 23.2 Å². The van der Waals surface area contributed by atoms with Crippen molar-refractivity contribution in [3.63, 3.8) is 0 Å². The highest BCUT2D eigenvalue weighted by molar-refractivity contribution is 6.36. The Bertz CT molecular complexity index is 891. The van der Waals surface area contributed by atoms with Gasteiger partial charge in [-0.2, -0.15) is 0 Å². The number of nitrogens with zero attached hydrogens (tertiary/aromatic N) is 2. The highest BCUT2D eigenvalue weighted by atomic mass is 35.5. The molecule has 0 fully saturated rings. The molecular weight excluding hydrogens is 343 g/mol. The number of halogens is 2. The monoisotopic (exact) mass is 350 g/mol. The molecule has 1 heterocycles. The van der Waals surface area contributed by atoms with Crippen LogP contribution < -0.4 is 0 Å². The molecule has 0 unspecified atom stereocenters. The summed E-state index contributed by atoms with van der Waals surface area (Å²) in [5.41, 5.74) is 1.27. The fourth-order valence-corrected chi connectivity index (χ4v) is 2.54. The molecule has 0 amide bonds. The van der Waals surface area contributed by atoms with Crippen LogP contribution in [0.5, 0.6) is 5.75 Å². The molecule has 0 saturated carbocycles. The molecular formula is C15H8Cl2N2O4. The van der Waals surface area contributed by atoms with Crippen LogP contribution in [0.25, 0.3) is 22.6 Å². The van der Waals surface area contributed by atoms with Crippen LogP contribution in [0.3, 0.4) is 0 Å². The number of phenols is 1. The molecule has 1 N–H and O–H groups in total. The minimum Gasteiger partial charge on any atom is -0.506 e. The number of nitro groups is 1. The summed E-state index contributed by atoms with van der Waals surface area (Å²) >= 11 is 11.8. The number of hydrogen-bond acceptors (Lipinski definition) is 5. The highest BCUT2D eigenvalue weighted by Gasteiger charge is 2.16. The number of aromatic hydroxyl groups is 1. The second kappa shape index (κ2) is 5.91. The summed E-state index contributed by atoms with van der Waals surface area (Å²) in [7, 11) is 0. The van der Waals surface area contributed by atoms with Crippen molar-refractivity contribution in [1.29, 1.82) is 0 Å². The van der Waals surface area contributed by atoms with E-state index < -0.39 is 4.92 Å². The first-order valence-electron chi connectivity index (χ1n) is 6.35. The highest BCUT2D eigenvalue weighted by Crippen LogP contribution is 2.38. The van der Waals surface area contributed by atoms with Crippen LogP contribution in [0.1, 0.15) is 0 Å². The Labute approximate surface area is 140 Å². The normalized spacial score (nSPS) is 10.7. The summed E-state index contributed by atoms with van der Waals surface area (Å²) in [5, 5.41) is 25.0. The van der Waals surface area contributed by atoms with Gasteiger partial charge in [0.2, 0.25) is 0 Å². The van der Waals surface area contributed by atoms with Gasteiger partial charge in [-0.15, -0.1) is 0 Å². The largest absolute Gasteiger partial charge is 0.506 e. The van der Waals surface area contributed by atoms with E-state index in [1.54, 1.807) is 18.2 Å². The number of hydrogen-bond donors (Lipinski definition) is 1. The van der Waals surface area contributed by atoms with Crippen molar-refractivity contribution in [2.45, 2.75) is 0 Å². The fraction of sp³-hybridized carbons (Fsp3) is 0. The predicted molar refractivity (Wildman–Crippen MR) is 85.7 cm³/mol. The summed E-state index contributed by atoms with van der Waals surface area (Å²) in [5.74, 6) is 0.241. The summed E-state index contributed by atoms with van der Waals surface area (Å²) in [6.07, 6.45) is 0. The Kier molecular flexibility index (Phi) is 3.94. The van der Waals surface area contributed by atoms with Crippen LogP contribution in [0.15, 0.2) is 47.0 Å². The maximum Gasteiger partial charge on any atom is 0.269 e. The van der Waals surface area contributed by atoms with Gasteiger partial charge in [-0.3, -0.25) is 10.1 Å². The molecule has 0 bridgehead atoms. The number of aromatic nitrogens is 1. The van der Waals surface area contributed by atoms with Crippen molar-refractivity contribution < 1.29 is 14.6 Å². The van der Waals surface area contributed by atoms with E-state index in [0.29, 0.717) is 27.6 Å². The first-order valence-corrected chi connectivity index (χ1v) is 7.11. The van der Waals surface area contributed by atoms with Gasteiger partial charge in [-0.05, 0) is 24.3 Å². The van der Waals surface area contributed by atoms with Gasteiger partial charge in [-0.1, -0.05) is 28.4 Å². The lowest BCUT2D eigenvalue weighted by molar-refractivity contribution is -0.384. The maximum atomic E-state index is 10.7. The van der Waals surface area contributed by atoms with Crippen LogP contribution in [0.4, 0.5) is 5.69 Å². The number of nitro benzene ring substituents is 1. The average Bonchev–Trinajstić information content (AvgIpc) is 3.00. The van der Waals surface area contributed by atoms with Crippen molar-refractivity contribution in [2.75, 3.05) is 0 Å². The molecule has 0 atom stereocenters. The summed E-state index contributed by atoms with van der Waals surface area (Å²) in [6.45, 7) is 0. The molecule has 6 nitrogen and oxygen atoms in total. The standard InChI is InChI=1S/C15H8Cl2N2O4/c16-9-5-11(15(20)12(17)6-9)13-7-14(23-18-13)8-1-3-10(4-2-8)19(21)22/h1-7,20H. The lowest BCUT2D eigenvalue weighted by Gasteiger charge is -2.03. The van der Waals surface area contributed by atoms with Gasteiger partial charge in [0.05, 0.1) is 9.95 Å². The Hall–Kier alpha value is -2.57. The molecule has 3 aromatic rings. The first-order chi connectivity index (χ1) is 11.0. The minimum absolute atomic E-state index is 0.0206. The van der Waals surface area contributed by atoms with Gasteiger partial charge < -0.3 is 9.63 Å². The summed E-state index contributed by atoms with van der Waals surface area (Å²) in [6, 6.07) is 10.3. The zero-order valence-electron chi connectivity index (χ0n) is 11.4. The quantitative estimate of drug-likeness (QED) is 0.534. The lowest BCUT2D eigenvalue weighted by Crippen LogP contribution is -1.86. The van der Waals surface area contributed by atoms with Crippen molar-refractivity contribution in [3.05, 3.63) is 62.6 Å². The number of non-ortho nitro benzene ring substituents is 1. The Morgan fingerprint density at radius 1 is 1.13 bits per heavy atom. The minimum atomic E-state index is -0.485. The summed E-state index contributed by atoms with van der Waals surface area (Å²) < 4.78 is 5.22. The molecule has 1 aromatic heterocycles. The van der Waals surface area contributed by atoms with E-state index in [-0.39, 0.29) is 16.5 Å². The molecule has 23 heavy (non-hydrogen) atoms. The second-order valence-electron chi connectivity index (χ2n) is 4.66. The van der Waals surface area contributed by atoms with Gasteiger partial charge in [0.15, 0.2) is 5.76 Å². The molecule has 0 aliphatic carbocycles. The van der Waals surface area contributed by atoms with Crippen LogP contribution in [-0.2, 0) is 0 Å². The zero-order chi connectivity index (χ0) is 16.6. The fourth-order valence-electron chi connectivity index (χ4n) is 2.05. The molecule has 116 valence electrons. The van der Waals surface area contributed by atoms with E-state index in [4.69, 9.17) is 27.7 Å². The Morgan fingerprint density at radius 3 is 2.48 bits per heavy atom.